The first-order valence-corrected chi connectivity index (χ1v) is 10.0. The summed E-state index contributed by atoms with van der Waals surface area (Å²) >= 11 is 0. The molecule has 5 nitrogen and oxygen atoms in total. The number of fused-ring (bicyclic) bond motifs is 1. The van der Waals surface area contributed by atoms with Crippen LogP contribution in [0.2, 0.25) is 0 Å². The van der Waals surface area contributed by atoms with Gasteiger partial charge in [0, 0.05) is 24.4 Å². The van der Waals surface area contributed by atoms with Crippen LogP contribution < -0.4 is 10.5 Å². The number of carbonyl (C=O) groups is 2. The molecule has 1 unspecified atom stereocenters. The predicted octanol–water partition coefficient (Wildman–Crippen LogP) is 3.89. The van der Waals surface area contributed by atoms with Crippen molar-refractivity contribution in [3.05, 3.63) is 108 Å². The molecule has 0 aliphatic carbocycles. The highest BCUT2D eigenvalue weighted by Crippen LogP contribution is 2.25. The van der Waals surface area contributed by atoms with Crippen LogP contribution >= 0.6 is 0 Å². The molecule has 0 aliphatic heterocycles. The zero-order valence-electron chi connectivity index (χ0n) is 16.9. The fraction of sp³-hybridized carbons (Fsp3) is 0.115. The molecule has 1 aromatic heterocycles. The average Bonchev–Trinajstić information content (AvgIpc) is 2.80. The number of Topliss-reactive ketones (excluding diaryl/α,β-unsaturated/α-hetero) is 1. The van der Waals surface area contributed by atoms with Gasteiger partial charge >= 0.3 is 5.97 Å². The van der Waals surface area contributed by atoms with E-state index in [2.05, 4.69) is 4.98 Å². The first-order chi connectivity index (χ1) is 15.1. The number of aromatic nitrogens is 1. The number of carbonyl (C=O) groups excluding carboxylic acids is 2. The molecule has 0 amide bonds. The molecule has 0 saturated carbocycles. The van der Waals surface area contributed by atoms with Gasteiger partial charge in [0.15, 0.2) is 17.1 Å². The van der Waals surface area contributed by atoms with Gasteiger partial charge in [-0.05, 0) is 23.3 Å². The molecular weight excluding hydrogens is 388 g/mol. The van der Waals surface area contributed by atoms with Crippen molar-refractivity contribution in [2.75, 3.05) is 0 Å². The van der Waals surface area contributed by atoms with Crippen molar-refractivity contribution in [2.45, 2.75) is 18.4 Å². The Hall–Kier alpha value is -3.83. The van der Waals surface area contributed by atoms with E-state index in [-0.39, 0.29) is 18.6 Å². The number of hydrogen-bond acceptors (Lipinski definition) is 5. The second-order valence-corrected chi connectivity index (χ2v) is 7.44. The van der Waals surface area contributed by atoms with E-state index in [1.54, 1.807) is 24.4 Å². The van der Waals surface area contributed by atoms with Crippen molar-refractivity contribution in [3.63, 3.8) is 0 Å². The fourth-order valence-corrected chi connectivity index (χ4v) is 3.49. The van der Waals surface area contributed by atoms with Crippen LogP contribution in [-0.4, -0.2) is 22.3 Å². The highest BCUT2D eigenvalue weighted by atomic mass is 16.5. The average molecular weight is 410 g/mol. The SMILES string of the molecule is NC(Cc1ccccc1)(C(=O)Cc1ccccc1)C(=O)Oc1cccc2cccnc12. The Labute approximate surface area is 180 Å². The lowest BCUT2D eigenvalue weighted by atomic mass is 9.84. The maximum atomic E-state index is 13.3. The van der Waals surface area contributed by atoms with Gasteiger partial charge in [-0.3, -0.25) is 9.78 Å². The van der Waals surface area contributed by atoms with Gasteiger partial charge in [-0.1, -0.05) is 78.9 Å². The van der Waals surface area contributed by atoms with E-state index in [1.807, 2.05) is 72.8 Å². The lowest BCUT2D eigenvalue weighted by Gasteiger charge is -2.26. The molecule has 31 heavy (non-hydrogen) atoms. The minimum absolute atomic E-state index is 0.0348. The van der Waals surface area contributed by atoms with Crippen LogP contribution in [0.5, 0.6) is 5.75 Å². The van der Waals surface area contributed by atoms with E-state index >= 15 is 0 Å². The van der Waals surface area contributed by atoms with Crippen molar-refractivity contribution >= 4 is 22.7 Å². The number of rotatable bonds is 7. The Bertz CT molecular complexity index is 1200. The highest BCUT2D eigenvalue weighted by Gasteiger charge is 2.43. The first kappa shape index (κ1) is 20.4. The number of para-hydroxylation sites is 1. The van der Waals surface area contributed by atoms with Gasteiger partial charge in [-0.25, -0.2) is 4.79 Å². The summed E-state index contributed by atoms with van der Waals surface area (Å²) in [6.45, 7) is 0. The molecule has 0 saturated heterocycles. The summed E-state index contributed by atoms with van der Waals surface area (Å²) in [5, 5.41) is 0.828. The molecule has 0 spiro atoms. The number of ketones is 1. The first-order valence-electron chi connectivity index (χ1n) is 10.0. The highest BCUT2D eigenvalue weighted by molar-refractivity contribution is 6.10. The molecule has 4 rings (SSSR count). The summed E-state index contributed by atoms with van der Waals surface area (Å²) in [7, 11) is 0. The number of ether oxygens (including phenoxy) is 1. The fourth-order valence-electron chi connectivity index (χ4n) is 3.49. The summed E-state index contributed by atoms with van der Waals surface area (Å²) < 4.78 is 5.68. The second-order valence-electron chi connectivity index (χ2n) is 7.44. The lowest BCUT2D eigenvalue weighted by molar-refractivity contribution is -0.145. The number of nitrogens with zero attached hydrogens (tertiary/aromatic N) is 1. The van der Waals surface area contributed by atoms with Crippen LogP contribution in [0.1, 0.15) is 11.1 Å². The third-order valence-corrected chi connectivity index (χ3v) is 5.19. The molecule has 0 radical (unpaired) electrons. The number of benzene rings is 3. The molecule has 0 aliphatic rings. The van der Waals surface area contributed by atoms with Gasteiger partial charge in [0.25, 0.3) is 0 Å². The maximum Gasteiger partial charge on any atom is 0.339 e. The molecule has 1 atom stereocenters. The Kier molecular flexibility index (Phi) is 5.87. The smallest absolute Gasteiger partial charge is 0.339 e. The Balaban J connectivity index is 1.67. The van der Waals surface area contributed by atoms with E-state index in [9.17, 15) is 9.59 Å². The molecule has 154 valence electrons. The van der Waals surface area contributed by atoms with Crippen molar-refractivity contribution in [2.24, 2.45) is 5.73 Å². The largest absolute Gasteiger partial charge is 0.422 e. The lowest BCUT2D eigenvalue weighted by Crippen LogP contribution is -2.59. The van der Waals surface area contributed by atoms with E-state index in [4.69, 9.17) is 10.5 Å². The van der Waals surface area contributed by atoms with E-state index in [0.717, 1.165) is 16.5 Å². The van der Waals surface area contributed by atoms with Crippen LogP contribution in [0.25, 0.3) is 10.9 Å². The third-order valence-electron chi connectivity index (χ3n) is 5.19. The Morgan fingerprint density at radius 1 is 0.806 bits per heavy atom. The van der Waals surface area contributed by atoms with Gasteiger partial charge in [0.05, 0.1) is 0 Å². The minimum atomic E-state index is -1.84. The molecule has 5 heteroatoms. The van der Waals surface area contributed by atoms with Crippen LogP contribution in [0.4, 0.5) is 0 Å². The molecular formula is C26H22N2O3. The molecule has 0 fully saturated rings. The number of pyridine rings is 1. The second kappa shape index (κ2) is 8.90. The quantitative estimate of drug-likeness (QED) is 0.284. The summed E-state index contributed by atoms with van der Waals surface area (Å²) in [6.07, 6.45) is 1.70. The van der Waals surface area contributed by atoms with Crippen LogP contribution in [0, 0.1) is 0 Å². The van der Waals surface area contributed by atoms with E-state index in [1.165, 1.54) is 0 Å². The van der Waals surface area contributed by atoms with Crippen LogP contribution in [0.3, 0.4) is 0 Å². The summed E-state index contributed by atoms with van der Waals surface area (Å²) in [4.78, 5) is 30.9. The van der Waals surface area contributed by atoms with E-state index < -0.39 is 17.3 Å². The molecule has 0 bridgehead atoms. The van der Waals surface area contributed by atoms with Gasteiger partial charge in [0.2, 0.25) is 0 Å². The van der Waals surface area contributed by atoms with Gasteiger partial charge in [0.1, 0.15) is 5.52 Å². The zero-order chi connectivity index (χ0) is 21.7. The third kappa shape index (κ3) is 4.52. The standard InChI is InChI=1S/C26H22N2O3/c27-26(18-20-11-5-2-6-12-20,23(29)17-19-9-3-1-4-10-19)25(30)31-22-15-7-13-21-14-8-16-28-24(21)22/h1-16H,17-18,27H2. The normalized spacial score (nSPS) is 12.8. The van der Waals surface area contributed by atoms with Crippen molar-refractivity contribution < 1.29 is 14.3 Å². The van der Waals surface area contributed by atoms with Crippen molar-refractivity contribution in [1.29, 1.82) is 0 Å². The zero-order valence-corrected chi connectivity index (χ0v) is 16.9. The van der Waals surface area contributed by atoms with Gasteiger partial charge in [-0.2, -0.15) is 0 Å². The van der Waals surface area contributed by atoms with Gasteiger partial charge in [-0.15, -0.1) is 0 Å². The maximum absolute atomic E-state index is 13.3. The number of esters is 1. The molecule has 2 N–H and O–H groups in total. The minimum Gasteiger partial charge on any atom is -0.422 e. The summed E-state index contributed by atoms with van der Waals surface area (Å²) in [6, 6.07) is 27.4. The Morgan fingerprint density at radius 3 is 2.16 bits per heavy atom. The summed E-state index contributed by atoms with van der Waals surface area (Å²) in [5.41, 5.74) is 6.78. The van der Waals surface area contributed by atoms with Gasteiger partial charge < -0.3 is 10.5 Å². The monoisotopic (exact) mass is 410 g/mol. The van der Waals surface area contributed by atoms with E-state index in [0.29, 0.717) is 5.52 Å². The molecule has 3 aromatic carbocycles. The predicted molar refractivity (Wildman–Crippen MR) is 120 cm³/mol. The number of hydrogen-bond donors (Lipinski definition) is 1. The Morgan fingerprint density at radius 2 is 1.45 bits per heavy atom. The summed E-state index contributed by atoms with van der Waals surface area (Å²) in [5.74, 6) is -0.922. The molecule has 1 heterocycles. The van der Waals surface area contributed by atoms with Crippen LogP contribution in [-0.2, 0) is 22.4 Å². The topological polar surface area (TPSA) is 82.3 Å². The molecule has 4 aromatic rings. The number of nitrogens with two attached hydrogens (primary N) is 1. The van der Waals surface area contributed by atoms with Crippen molar-refractivity contribution in [1.82, 2.24) is 4.98 Å². The van der Waals surface area contributed by atoms with Crippen LogP contribution in [0.15, 0.2) is 97.2 Å². The van der Waals surface area contributed by atoms with Crippen molar-refractivity contribution in [3.8, 4) is 5.75 Å².